The van der Waals surface area contributed by atoms with Crippen LogP contribution in [0.25, 0.3) is 0 Å². The maximum Gasteiger partial charge on any atom is 0.0422 e. The molecule has 5 heteroatoms. The first-order chi connectivity index (χ1) is 10.6. The molecule has 1 aromatic carbocycles. The van der Waals surface area contributed by atoms with Gasteiger partial charge in [-0.3, -0.25) is 0 Å². The van der Waals surface area contributed by atoms with E-state index in [1.807, 2.05) is 12.3 Å². The van der Waals surface area contributed by atoms with E-state index in [1.165, 1.54) is 5.56 Å². The van der Waals surface area contributed by atoms with Crippen LogP contribution < -0.4 is 0 Å². The monoisotopic (exact) mass is 360 g/mol. The summed E-state index contributed by atoms with van der Waals surface area (Å²) in [6, 6.07) is 10.4. The standard InChI is InChI=1S/C12H16N.3C2H6O.Ti/c1-3-10-13(4-2)11-12-8-6-5-7-9-12;3*1-2-3;/h4-9H,1-3,10-11H2;3*3H,2H2,1H3;/q-1;;;;. The van der Waals surface area contributed by atoms with E-state index < -0.39 is 0 Å². The van der Waals surface area contributed by atoms with Crippen LogP contribution in [0.1, 0.15) is 32.8 Å². The van der Waals surface area contributed by atoms with Gasteiger partial charge in [-0.25, -0.2) is 0 Å². The SMILES string of the molecule is C=CN(CC[CH2-])Cc1ccccc1.CCO.CCO.CCO.[Ti]. The number of rotatable bonds is 5. The summed E-state index contributed by atoms with van der Waals surface area (Å²) in [4.78, 5) is 2.17. The fraction of sp³-hybridized carbons (Fsp3) is 0.500. The Hall–Kier alpha value is -0.646. The fourth-order valence-electron chi connectivity index (χ4n) is 1.26. The van der Waals surface area contributed by atoms with E-state index in [4.69, 9.17) is 15.3 Å². The molecule has 0 atom stereocenters. The summed E-state index contributed by atoms with van der Waals surface area (Å²) in [6.07, 6.45) is 2.79. The number of hydrogen-bond donors (Lipinski definition) is 3. The quantitative estimate of drug-likeness (QED) is 0.558. The molecule has 0 spiro atoms. The van der Waals surface area contributed by atoms with E-state index in [0.717, 1.165) is 19.5 Å². The molecule has 0 saturated carbocycles. The molecule has 0 amide bonds. The summed E-state index contributed by atoms with van der Waals surface area (Å²) in [5.74, 6) is 0. The first-order valence-electron chi connectivity index (χ1n) is 7.63. The first kappa shape index (κ1) is 30.3. The largest absolute Gasteiger partial charge is 0.397 e. The van der Waals surface area contributed by atoms with Gasteiger partial charge in [-0.15, -0.1) is 0 Å². The van der Waals surface area contributed by atoms with Crippen molar-refractivity contribution in [2.75, 3.05) is 26.4 Å². The zero-order valence-electron chi connectivity index (χ0n) is 14.9. The van der Waals surface area contributed by atoms with E-state index in [2.05, 4.69) is 42.7 Å². The van der Waals surface area contributed by atoms with Crippen LogP contribution >= 0.6 is 0 Å². The van der Waals surface area contributed by atoms with Gasteiger partial charge in [0, 0.05) is 48.1 Å². The van der Waals surface area contributed by atoms with Crippen LogP contribution in [0.4, 0.5) is 0 Å². The average molecular weight is 360 g/mol. The topological polar surface area (TPSA) is 63.9 Å². The van der Waals surface area contributed by atoms with Crippen LogP contribution in [0.15, 0.2) is 43.1 Å². The van der Waals surface area contributed by atoms with E-state index in [0.29, 0.717) is 0 Å². The summed E-state index contributed by atoms with van der Waals surface area (Å²) in [5.41, 5.74) is 1.32. The summed E-state index contributed by atoms with van der Waals surface area (Å²) in [6.45, 7) is 15.3. The molecule has 0 bridgehead atoms. The summed E-state index contributed by atoms with van der Waals surface area (Å²) in [7, 11) is 0. The third-order valence-electron chi connectivity index (χ3n) is 1.93. The van der Waals surface area contributed by atoms with Crippen LogP contribution in [0.2, 0.25) is 0 Å². The number of nitrogens with zero attached hydrogens (tertiary/aromatic N) is 1. The molecule has 0 aliphatic carbocycles. The molecular weight excluding hydrogens is 326 g/mol. The Morgan fingerprint density at radius 2 is 1.39 bits per heavy atom. The first-order valence-corrected chi connectivity index (χ1v) is 7.63. The van der Waals surface area contributed by atoms with Crippen molar-refractivity contribution in [1.82, 2.24) is 4.90 Å². The Morgan fingerprint density at radius 1 is 1.00 bits per heavy atom. The molecule has 4 nitrogen and oxygen atoms in total. The normalized spacial score (nSPS) is 7.78. The minimum absolute atomic E-state index is 0. The number of aliphatic hydroxyl groups excluding tert-OH is 3. The van der Waals surface area contributed by atoms with Crippen molar-refractivity contribution < 1.29 is 37.0 Å². The molecule has 0 unspecified atom stereocenters. The predicted octanol–water partition coefficient (Wildman–Crippen LogP) is 2.85. The molecule has 3 N–H and O–H groups in total. The van der Waals surface area contributed by atoms with Crippen molar-refractivity contribution in [3.63, 3.8) is 0 Å². The van der Waals surface area contributed by atoms with Gasteiger partial charge in [0.1, 0.15) is 0 Å². The van der Waals surface area contributed by atoms with Gasteiger partial charge in [-0.2, -0.15) is 6.42 Å². The molecule has 1 rings (SSSR count). The third-order valence-corrected chi connectivity index (χ3v) is 1.93. The van der Waals surface area contributed by atoms with Crippen molar-refractivity contribution in [1.29, 1.82) is 0 Å². The number of aliphatic hydroxyl groups is 3. The predicted molar refractivity (Wildman–Crippen MR) is 95.3 cm³/mol. The van der Waals surface area contributed by atoms with Crippen molar-refractivity contribution in [2.45, 2.75) is 33.7 Å². The number of benzene rings is 1. The minimum Gasteiger partial charge on any atom is -0.397 e. The van der Waals surface area contributed by atoms with E-state index in [1.54, 1.807) is 20.8 Å². The average Bonchev–Trinajstić information content (AvgIpc) is 2.50. The smallest absolute Gasteiger partial charge is 0.0422 e. The molecule has 0 aromatic heterocycles. The molecule has 134 valence electrons. The van der Waals surface area contributed by atoms with Gasteiger partial charge in [0.15, 0.2) is 0 Å². The summed E-state index contributed by atoms with van der Waals surface area (Å²) < 4.78 is 0. The molecular formula is C18H34NO3Ti-. The molecule has 0 heterocycles. The van der Waals surface area contributed by atoms with Crippen LogP contribution in [0, 0.1) is 6.92 Å². The van der Waals surface area contributed by atoms with E-state index >= 15 is 0 Å². The molecule has 0 saturated heterocycles. The van der Waals surface area contributed by atoms with Gasteiger partial charge in [-0.1, -0.05) is 36.9 Å². The van der Waals surface area contributed by atoms with Crippen molar-refractivity contribution >= 4 is 0 Å². The van der Waals surface area contributed by atoms with Crippen LogP contribution in [-0.2, 0) is 28.3 Å². The van der Waals surface area contributed by atoms with Crippen molar-refractivity contribution in [2.24, 2.45) is 0 Å². The van der Waals surface area contributed by atoms with Gasteiger partial charge in [0.05, 0.1) is 0 Å². The Bertz CT molecular complexity index is 293. The Balaban J connectivity index is -0.000000152. The number of hydrogen-bond acceptors (Lipinski definition) is 4. The second-order valence-electron chi connectivity index (χ2n) is 3.94. The second kappa shape index (κ2) is 29.4. The van der Waals surface area contributed by atoms with Crippen LogP contribution in [0.5, 0.6) is 0 Å². The van der Waals surface area contributed by atoms with Crippen LogP contribution in [0.3, 0.4) is 0 Å². The van der Waals surface area contributed by atoms with Gasteiger partial charge < -0.3 is 27.1 Å². The van der Waals surface area contributed by atoms with Gasteiger partial charge in [0.25, 0.3) is 0 Å². The molecule has 0 aliphatic heterocycles. The zero-order chi connectivity index (χ0) is 17.6. The molecule has 0 radical (unpaired) electrons. The Labute approximate surface area is 157 Å². The molecule has 23 heavy (non-hydrogen) atoms. The Morgan fingerprint density at radius 3 is 1.70 bits per heavy atom. The fourth-order valence-corrected chi connectivity index (χ4v) is 1.26. The van der Waals surface area contributed by atoms with Crippen molar-refractivity contribution in [3.05, 3.63) is 55.6 Å². The maximum absolute atomic E-state index is 7.57. The molecule has 0 fully saturated rings. The third kappa shape index (κ3) is 29.9. The summed E-state index contributed by atoms with van der Waals surface area (Å²) in [5, 5.41) is 22.7. The van der Waals surface area contributed by atoms with Gasteiger partial charge >= 0.3 is 0 Å². The Kier molecular flexibility index (Phi) is 38.6. The van der Waals surface area contributed by atoms with E-state index in [-0.39, 0.29) is 41.5 Å². The zero-order valence-corrected chi connectivity index (χ0v) is 16.5. The van der Waals surface area contributed by atoms with Crippen LogP contribution in [-0.4, -0.2) is 46.6 Å². The maximum atomic E-state index is 7.57. The van der Waals surface area contributed by atoms with Gasteiger partial charge in [0.2, 0.25) is 0 Å². The minimum atomic E-state index is 0. The van der Waals surface area contributed by atoms with Crippen molar-refractivity contribution in [3.8, 4) is 0 Å². The van der Waals surface area contributed by atoms with Gasteiger partial charge in [-0.05, 0) is 39.1 Å². The second-order valence-corrected chi connectivity index (χ2v) is 3.94. The summed E-state index contributed by atoms with van der Waals surface area (Å²) >= 11 is 0. The molecule has 1 aromatic rings. The van der Waals surface area contributed by atoms with E-state index in [9.17, 15) is 0 Å². The molecule has 0 aliphatic rings.